The molecule has 3 N–H and O–H groups in total. The van der Waals surface area contributed by atoms with E-state index in [1.54, 1.807) is 35.7 Å². The number of thioether (sulfide) groups is 1. The summed E-state index contributed by atoms with van der Waals surface area (Å²) in [5.74, 6) is 0.140. The third-order valence-electron chi connectivity index (χ3n) is 5.00. The van der Waals surface area contributed by atoms with Crippen molar-refractivity contribution in [3.63, 3.8) is 0 Å². The molecule has 0 spiro atoms. The molecule has 4 rings (SSSR count). The summed E-state index contributed by atoms with van der Waals surface area (Å²) >= 11 is 14.7. The summed E-state index contributed by atoms with van der Waals surface area (Å²) in [4.78, 5) is 21.2. The van der Waals surface area contributed by atoms with Gasteiger partial charge in [0.05, 0.1) is 16.3 Å². The number of pyridine rings is 1. The number of rotatable bonds is 7. The van der Waals surface area contributed by atoms with E-state index in [2.05, 4.69) is 27.4 Å². The average molecular weight is 551 g/mol. The fraction of sp³-hybridized carbons (Fsp3) is 0.0800. The van der Waals surface area contributed by atoms with E-state index in [-0.39, 0.29) is 29.3 Å². The Bertz CT molecular complexity index is 1530. The number of carbonyl (C=O) groups excluding carboxylic acids is 1. The Morgan fingerprint density at radius 1 is 1.08 bits per heavy atom. The first kappa shape index (κ1) is 25.5. The number of nitrogen functional groups attached to an aromatic ring is 1. The Balaban J connectivity index is 1.45. The van der Waals surface area contributed by atoms with Crippen LogP contribution >= 0.6 is 46.3 Å². The van der Waals surface area contributed by atoms with E-state index < -0.39 is 0 Å². The molecule has 0 saturated heterocycles. The summed E-state index contributed by atoms with van der Waals surface area (Å²) in [7, 11) is 0. The van der Waals surface area contributed by atoms with Gasteiger partial charge in [-0.25, -0.2) is 9.97 Å². The van der Waals surface area contributed by atoms with Crippen LogP contribution in [0.1, 0.15) is 17.5 Å². The van der Waals surface area contributed by atoms with Crippen molar-refractivity contribution < 1.29 is 4.79 Å². The molecule has 0 saturated carbocycles. The smallest absolute Gasteiger partial charge is 0.226 e. The van der Waals surface area contributed by atoms with Gasteiger partial charge in [0.25, 0.3) is 0 Å². The minimum Gasteiger partial charge on any atom is -0.383 e. The number of aromatic nitrogens is 2. The highest BCUT2D eigenvalue weighted by molar-refractivity contribution is 7.99. The molecule has 2 heterocycles. The highest BCUT2D eigenvalue weighted by atomic mass is 35.5. The van der Waals surface area contributed by atoms with E-state index in [1.807, 2.05) is 18.2 Å². The van der Waals surface area contributed by atoms with Crippen molar-refractivity contribution in [1.29, 1.82) is 10.5 Å². The van der Waals surface area contributed by atoms with E-state index in [0.29, 0.717) is 42.8 Å². The zero-order valence-corrected chi connectivity index (χ0v) is 21.6. The zero-order chi connectivity index (χ0) is 25.7. The number of nitrogens with two attached hydrogens (primary N) is 1. The second kappa shape index (κ2) is 11.4. The lowest BCUT2D eigenvalue weighted by molar-refractivity contribution is -0.115. The van der Waals surface area contributed by atoms with Crippen LogP contribution in [0.15, 0.2) is 58.9 Å². The summed E-state index contributed by atoms with van der Waals surface area (Å²) in [6.07, 6.45) is 0.147. The van der Waals surface area contributed by atoms with Gasteiger partial charge in [-0.3, -0.25) is 4.79 Å². The Kier molecular flexibility index (Phi) is 8.09. The second-order valence-corrected chi connectivity index (χ2v) is 10.1. The van der Waals surface area contributed by atoms with Crippen LogP contribution in [0, 0.1) is 22.7 Å². The molecule has 0 aliphatic carbocycles. The van der Waals surface area contributed by atoms with Crippen molar-refractivity contribution in [3.05, 3.63) is 75.1 Å². The van der Waals surface area contributed by atoms with Gasteiger partial charge in [-0.15, -0.1) is 23.1 Å². The summed E-state index contributed by atoms with van der Waals surface area (Å²) < 4.78 is 0. The minimum absolute atomic E-state index is 0.0403. The van der Waals surface area contributed by atoms with E-state index in [0.717, 1.165) is 5.56 Å². The number of halogens is 2. The van der Waals surface area contributed by atoms with Gasteiger partial charge in [-0.1, -0.05) is 53.5 Å². The number of hydrogen-bond acceptors (Lipinski definition) is 8. The molecular weight excluding hydrogens is 535 g/mol. The van der Waals surface area contributed by atoms with Crippen LogP contribution in [0.2, 0.25) is 10.0 Å². The number of amides is 1. The molecule has 0 atom stereocenters. The third-order valence-corrected chi connectivity index (χ3v) is 7.29. The molecule has 0 bridgehead atoms. The Hall–Kier alpha value is -3.60. The van der Waals surface area contributed by atoms with Crippen LogP contribution in [0.5, 0.6) is 0 Å². The van der Waals surface area contributed by atoms with E-state index >= 15 is 0 Å². The first-order valence-electron chi connectivity index (χ1n) is 10.4. The van der Waals surface area contributed by atoms with Gasteiger partial charge in [0.1, 0.15) is 28.5 Å². The fourth-order valence-electron chi connectivity index (χ4n) is 3.37. The Morgan fingerprint density at radius 3 is 2.53 bits per heavy atom. The monoisotopic (exact) mass is 550 g/mol. The van der Waals surface area contributed by atoms with Crippen LogP contribution < -0.4 is 11.1 Å². The van der Waals surface area contributed by atoms with Crippen molar-refractivity contribution in [2.24, 2.45) is 0 Å². The summed E-state index contributed by atoms with van der Waals surface area (Å²) in [6.45, 7) is 0. The first-order valence-corrected chi connectivity index (χ1v) is 13.1. The molecule has 11 heteroatoms. The minimum atomic E-state index is -0.242. The molecule has 178 valence electrons. The highest BCUT2D eigenvalue weighted by Gasteiger charge is 2.20. The predicted molar refractivity (Wildman–Crippen MR) is 145 cm³/mol. The second-order valence-electron chi connectivity index (χ2n) is 7.33. The number of nitrogens with one attached hydrogen (secondary N) is 1. The molecule has 0 radical (unpaired) electrons. The van der Waals surface area contributed by atoms with Crippen molar-refractivity contribution in [2.45, 2.75) is 11.4 Å². The van der Waals surface area contributed by atoms with Crippen molar-refractivity contribution in [2.75, 3.05) is 16.8 Å². The fourth-order valence-corrected chi connectivity index (χ4v) is 5.54. The molecule has 36 heavy (non-hydrogen) atoms. The number of nitriles is 2. The number of benzene rings is 2. The van der Waals surface area contributed by atoms with Gasteiger partial charge >= 0.3 is 0 Å². The number of thiazole rings is 1. The van der Waals surface area contributed by atoms with Crippen molar-refractivity contribution in [1.82, 2.24) is 9.97 Å². The van der Waals surface area contributed by atoms with Crippen molar-refractivity contribution >= 4 is 63.2 Å². The largest absolute Gasteiger partial charge is 0.383 e. The quantitative estimate of drug-likeness (QED) is 0.247. The summed E-state index contributed by atoms with van der Waals surface area (Å²) in [5, 5.41) is 25.8. The van der Waals surface area contributed by atoms with Crippen LogP contribution in [-0.2, 0) is 4.79 Å². The Morgan fingerprint density at radius 2 is 1.83 bits per heavy atom. The zero-order valence-electron chi connectivity index (χ0n) is 18.5. The van der Waals surface area contributed by atoms with Crippen LogP contribution in [0.3, 0.4) is 0 Å². The molecule has 0 fully saturated rings. The normalized spacial score (nSPS) is 10.4. The van der Waals surface area contributed by atoms with E-state index in [1.165, 1.54) is 23.1 Å². The third kappa shape index (κ3) is 5.62. The van der Waals surface area contributed by atoms with Crippen LogP contribution in [-0.4, -0.2) is 21.6 Å². The maximum absolute atomic E-state index is 12.5. The molecule has 4 aromatic rings. The molecule has 2 aromatic heterocycles. The maximum Gasteiger partial charge on any atom is 0.226 e. The average Bonchev–Trinajstić information content (AvgIpc) is 3.32. The number of nitrogens with zero attached hydrogens (tertiary/aromatic N) is 4. The molecule has 7 nitrogen and oxygen atoms in total. The molecular formula is C25H16Cl2N6OS2. The van der Waals surface area contributed by atoms with E-state index in [9.17, 15) is 15.3 Å². The Labute approximate surface area is 225 Å². The topological polar surface area (TPSA) is 128 Å². The highest BCUT2D eigenvalue weighted by Crippen LogP contribution is 2.36. The summed E-state index contributed by atoms with van der Waals surface area (Å²) in [6, 6.07) is 18.4. The molecule has 0 unspecified atom stereocenters. The lowest BCUT2D eigenvalue weighted by atomic mass is 9.97. The number of anilines is 2. The van der Waals surface area contributed by atoms with Crippen LogP contribution in [0.25, 0.3) is 22.4 Å². The summed E-state index contributed by atoms with van der Waals surface area (Å²) in [5.41, 5.74) is 8.93. The van der Waals surface area contributed by atoms with Gasteiger partial charge in [-0.05, 0) is 23.8 Å². The molecule has 0 aliphatic rings. The van der Waals surface area contributed by atoms with E-state index in [4.69, 9.17) is 28.9 Å². The standard InChI is InChI=1S/C25H16Cl2N6OS2/c26-15-6-7-16(19(27)10-15)20-13-36-25(31-20)32-21(34)8-9-35-24-18(12-29)22(14-4-2-1-3-5-14)17(11-28)23(30)33-24/h1-7,10,13H,8-9H2,(H2,30,33)(H,31,32,34). The van der Waals surface area contributed by atoms with Gasteiger partial charge in [0.2, 0.25) is 5.91 Å². The van der Waals surface area contributed by atoms with Gasteiger partial charge in [0, 0.05) is 33.7 Å². The lowest BCUT2D eigenvalue weighted by Gasteiger charge is -2.12. The predicted octanol–water partition coefficient (Wildman–Crippen LogP) is 6.63. The van der Waals surface area contributed by atoms with Gasteiger partial charge < -0.3 is 11.1 Å². The number of hydrogen-bond donors (Lipinski definition) is 2. The first-order chi connectivity index (χ1) is 17.4. The molecule has 0 aliphatic heterocycles. The molecule has 2 aromatic carbocycles. The van der Waals surface area contributed by atoms with Crippen LogP contribution in [0.4, 0.5) is 10.9 Å². The SMILES string of the molecule is N#Cc1c(N)nc(SCCC(=O)Nc2nc(-c3ccc(Cl)cc3Cl)cs2)c(C#N)c1-c1ccccc1. The van der Waals surface area contributed by atoms with Crippen molar-refractivity contribution in [3.8, 4) is 34.5 Å². The lowest BCUT2D eigenvalue weighted by Crippen LogP contribution is -2.12. The van der Waals surface area contributed by atoms with Gasteiger partial charge in [0.15, 0.2) is 5.13 Å². The van der Waals surface area contributed by atoms with Gasteiger partial charge in [-0.2, -0.15) is 10.5 Å². The molecule has 1 amide bonds. The number of carbonyl (C=O) groups is 1. The maximum atomic E-state index is 12.5.